The summed E-state index contributed by atoms with van der Waals surface area (Å²) in [7, 11) is 0. The van der Waals surface area contributed by atoms with Gasteiger partial charge in [0.1, 0.15) is 0 Å². The lowest BCUT2D eigenvalue weighted by Crippen LogP contribution is -2.62. The molecule has 4 nitrogen and oxygen atoms in total. The Morgan fingerprint density at radius 3 is 2.71 bits per heavy atom. The van der Waals surface area contributed by atoms with Crippen LogP contribution in [0, 0.1) is 0 Å². The zero-order chi connectivity index (χ0) is 18.1. The number of carbonyl (C=O) groups is 1. The van der Waals surface area contributed by atoms with Crippen molar-refractivity contribution < 1.29 is 9.53 Å². The maximum Gasteiger partial charge on any atom is 0.318 e. The number of hydrogen-bond acceptors (Lipinski definition) is 2. The van der Waals surface area contributed by atoms with E-state index in [2.05, 4.69) is 18.0 Å². The number of rotatable bonds is 3. The van der Waals surface area contributed by atoms with Crippen molar-refractivity contribution in [3.05, 3.63) is 42.0 Å². The molecule has 1 aromatic rings. The Kier molecular flexibility index (Phi) is 5.09. The number of urea groups is 1. The molecule has 24 heavy (non-hydrogen) atoms. The summed E-state index contributed by atoms with van der Waals surface area (Å²) < 4.78 is 5.70. The predicted molar refractivity (Wildman–Crippen MR) is 98.9 cm³/mol. The van der Waals surface area contributed by atoms with Gasteiger partial charge in [-0.15, -0.1) is 0 Å². The maximum atomic E-state index is 12.9. The minimum absolute atomic E-state index is 0.0543. The predicted octanol–water partition coefficient (Wildman–Crippen LogP) is 4.16. The fraction of sp³-hybridized carbons (Fsp3) is 0.550. The van der Waals surface area contributed by atoms with Crippen molar-refractivity contribution in [1.29, 1.82) is 0 Å². The molecule has 1 unspecified atom stereocenters. The topological polar surface area (TPSA) is 41.6 Å². The molecule has 132 valence electrons. The van der Waals surface area contributed by atoms with Crippen molar-refractivity contribution in [3.63, 3.8) is 0 Å². The average Bonchev–Trinajstić information content (AvgIpc) is 2.49. The highest BCUT2D eigenvalue weighted by atomic mass is 16.5. The molecule has 0 bridgehead atoms. The largest absolute Gasteiger partial charge is 0.374 e. The molecule has 2 rings (SSSR count). The fourth-order valence-corrected chi connectivity index (χ4v) is 2.92. The van der Waals surface area contributed by atoms with Crippen molar-refractivity contribution in [2.24, 2.45) is 0 Å². The Morgan fingerprint density at radius 2 is 2.08 bits per heavy atom. The lowest BCUT2D eigenvalue weighted by molar-refractivity contribution is -0.0715. The van der Waals surface area contributed by atoms with Crippen LogP contribution in [0.1, 0.15) is 52.7 Å². The molecule has 0 aromatic heterocycles. The van der Waals surface area contributed by atoms with Gasteiger partial charge in [0.2, 0.25) is 0 Å². The number of ether oxygens (including phenoxy) is 1. The van der Waals surface area contributed by atoms with Crippen LogP contribution in [0.3, 0.4) is 0 Å². The average molecular weight is 330 g/mol. The first-order valence-corrected chi connectivity index (χ1v) is 8.51. The Morgan fingerprint density at radius 1 is 1.42 bits per heavy atom. The minimum atomic E-state index is -0.472. The molecule has 0 spiro atoms. The van der Waals surface area contributed by atoms with Crippen molar-refractivity contribution in [3.8, 4) is 0 Å². The van der Waals surface area contributed by atoms with E-state index in [9.17, 15) is 4.79 Å². The number of nitrogens with zero attached hydrogens (tertiary/aromatic N) is 1. The number of morpholine rings is 1. The van der Waals surface area contributed by atoms with Gasteiger partial charge in [-0.1, -0.05) is 30.4 Å². The van der Waals surface area contributed by atoms with E-state index in [0.29, 0.717) is 13.2 Å². The molecule has 1 aromatic carbocycles. The van der Waals surface area contributed by atoms with Crippen molar-refractivity contribution in [1.82, 2.24) is 10.2 Å². The van der Waals surface area contributed by atoms with E-state index in [1.165, 1.54) is 0 Å². The second-order valence-corrected chi connectivity index (χ2v) is 7.96. The molecule has 1 saturated heterocycles. The van der Waals surface area contributed by atoms with Crippen LogP contribution in [-0.2, 0) is 10.3 Å². The molecule has 2 amide bonds. The highest BCUT2D eigenvalue weighted by molar-refractivity contribution is 5.76. The summed E-state index contributed by atoms with van der Waals surface area (Å²) in [5, 5.41) is 3.19. The summed E-state index contributed by atoms with van der Waals surface area (Å²) in [6.07, 6.45) is 0.0543. The fourth-order valence-electron chi connectivity index (χ4n) is 2.92. The van der Waals surface area contributed by atoms with E-state index in [1.54, 1.807) is 0 Å². The van der Waals surface area contributed by atoms with Gasteiger partial charge in [-0.3, -0.25) is 0 Å². The normalized spacial score (nSPS) is 20.6. The lowest BCUT2D eigenvalue weighted by Gasteiger charge is -2.45. The van der Waals surface area contributed by atoms with E-state index in [0.717, 1.165) is 16.7 Å². The Hall–Kier alpha value is -1.81. The molecule has 1 atom stereocenters. The third kappa shape index (κ3) is 3.99. The molecule has 1 aliphatic heterocycles. The summed E-state index contributed by atoms with van der Waals surface area (Å²) in [5.41, 5.74) is 2.39. The van der Waals surface area contributed by atoms with E-state index in [-0.39, 0.29) is 17.7 Å². The van der Waals surface area contributed by atoms with Gasteiger partial charge in [-0.25, -0.2) is 4.79 Å². The van der Waals surface area contributed by atoms with Crippen LogP contribution in [0.15, 0.2) is 30.8 Å². The lowest BCUT2D eigenvalue weighted by atomic mass is 9.91. The molecule has 4 heteroatoms. The highest BCUT2D eigenvalue weighted by Crippen LogP contribution is 2.26. The monoisotopic (exact) mass is 330 g/mol. The molecular weight excluding hydrogens is 300 g/mol. The van der Waals surface area contributed by atoms with Crippen LogP contribution in [0.5, 0.6) is 0 Å². The summed E-state index contributed by atoms with van der Waals surface area (Å²) in [5.74, 6) is 0. The maximum absolute atomic E-state index is 12.9. The summed E-state index contributed by atoms with van der Waals surface area (Å²) in [4.78, 5) is 14.8. The third-order valence-electron chi connectivity index (χ3n) is 4.63. The van der Waals surface area contributed by atoms with E-state index in [1.807, 2.05) is 64.6 Å². The molecule has 1 fully saturated rings. The molecular formula is C20H30N2O2. The number of nitrogens with one attached hydrogen (secondary N) is 1. The van der Waals surface area contributed by atoms with Gasteiger partial charge in [-0.05, 0) is 58.7 Å². The first-order valence-electron chi connectivity index (χ1n) is 8.51. The number of hydrogen-bond donors (Lipinski definition) is 1. The second kappa shape index (κ2) is 6.60. The van der Waals surface area contributed by atoms with Crippen LogP contribution < -0.4 is 5.32 Å². The van der Waals surface area contributed by atoms with Crippen LogP contribution >= 0.6 is 0 Å². The molecule has 1 heterocycles. The number of allylic oxidation sites excluding steroid dienone is 1. The van der Waals surface area contributed by atoms with Gasteiger partial charge in [-0.2, -0.15) is 0 Å². The second-order valence-electron chi connectivity index (χ2n) is 7.96. The van der Waals surface area contributed by atoms with E-state index >= 15 is 0 Å². The van der Waals surface area contributed by atoms with Gasteiger partial charge in [0.25, 0.3) is 0 Å². The summed E-state index contributed by atoms with van der Waals surface area (Å²) in [6, 6.07) is 8.13. The SMILES string of the molecule is C=C(C)c1cccc(C(C)(C)NC(=O)N2CC(C)OCC2(C)C)c1. The van der Waals surface area contributed by atoms with Gasteiger partial charge in [0.15, 0.2) is 0 Å². The van der Waals surface area contributed by atoms with Crippen LogP contribution in [0.25, 0.3) is 5.57 Å². The summed E-state index contributed by atoms with van der Waals surface area (Å²) in [6.45, 7) is 17.3. The Labute approximate surface area is 145 Å². The van der Waals surface area contributed by atoms with Gasteiger partial charge in [0, 0.05) is 6.54 Å². The Bertz CT molecular complexity index is 634. The van der Waals surface area contributed by atoms with Gasteiger partial charge in [0.05, 0.1) is 23.8 Å². The zero-order valence-electron chi connectivity index (χ0n) is 15.8. The Balaban J connectivity index is 2.20. The molecule has 0 radical (unpaired) electrons. The van der Waals surface area contributed by atoms with Gasteiger partial charge >= 0.3 is 6.03 Å². The minimum Gasteiger partial charge on any atom is -0.374 e. The smallest absolute Gasteiger partial charge is 0.318 e. The van der Waals surface area contributed by atoms with Crippen molar-refractivity contribution >= 4 is 11.6 Å². The zero-order valence-corrected chi connectivity index (χ0v) is 15.8. The third-order valence-corrected chi connectivity index (χ3v) is 4.63. The van der Waals surface area contributed by atoms with Crippen molar-refractivity contribution in [2.75, 3.05) is 13.2 Å². The number of amides is 2. The molecule has 0 aliphatic carbocycles. The summed E-state index contributed by atoms with van der Waals surface area (Å²) >= 11 is 0. The van der Waals surface area contributed by atoms with Gasteiger partial charge < -0.3 is 15.0 Å². The van der Waals surface area contributed by atoms with Crippen LogP contribution in [-0.4, -0.2) is 35.7 Å². The van der Waals surface area contributed by atoms with Crippen LogP contribution in [0.4, 0.5) is 4.79 Å². The number of benzene rings is 1. The quantitative estimate of drug-likeness (QED) is 0.904. The molecule has 1 N–H and O–H groups in total. The number of carbonyl (C=O) groups excluding carboxylic acids is 1. The van der Waals surface area contributed by atoms with E-state index < -0.39 is 5.54 Å². The highest BCUT2D eigenvalue weighted by Gasteiger charge is 2.38. The molecule has 0 saturated carbocycles. The van der Waals surface area contributed by atoms with Crippen molar-refractivity contribution in [2.45, 2.75) is 58.7 Å². The molecule has 1 aliphatic rings. The standard InChI is InChI=1S/C20H30N2O2/c1-14(2)16-9-8-10-17(11-16)20(6,7)21-18(23)22-12-15(3)24-13-19(22,4)5/h8-11,15H,1,12-13H2,2-7H3,(H,21,23). The first-order chi connectivity index (χ1) is 11.0. The van der Waals surface area contributed by atoms with E-state index in [4.69, 9.17) is 4.74 Å². The van der Waals surface area contributed by atoms with Crippen LogP contribution in [0.2, 0.25) is 0 Å². The first kappa shape index (κ1) is 18.5.